The van der Waals surface area contributed by atoms with E-state index in [1.54, 1.807) is 6.20 Å². The summed E-state index contributed by atoms with van der Waals surface area (Å²) in [6.45, 7) is 7.53. The van der Waals surface area contributed by atoms with Crippen LogP contribution >= 0.6 is 0 Å². The van der Waals surface area contributed by atoms with Crippen LogP contribution in [0.15, 0.2) is 29.2 Å². The van der Waals surface area contributed by atoms with Crippen molar-refractivity contribution in [1.29, 1.82) is 0 Å². The molecule has 1 aliphatic rings. The molecule has 7 nitrogen and oxygen atoms in total. The van der Waals surface area contributed by atoms with Crippen molar-refractivity contribution in [3.63, 3.8) is 0 Å². The van der Waals surface area contributed by atoms with Crippen molar-refractivity contribution in [2.45, 2.75) is 40.0 Å². The molecule has 150 valence electrons. The molecule has 1 aliphatic heterocycles. The number of anilines is 1. The predicted octanol–water partition coefficient (Wildman–Crippen LogP) is 2.81. The van der Waals surface area contributed by atoms with Crippen LogP contribution in [0.4, 0.5) is 5.82 Å². The Hall–Kier alpha value is -2.70. The maximum Gasteiger partial charge on any atom is 0.311 e. The molecule has 1 fully saturated rings. The van der Waals surface area contributed by atoms with Gasteiger partial charge in [0.2, 0.25) is 0 Å². The molecule has 1 saturated heterocycles. The number of rotatable bonds is 5. The van der Waals surface area contributed by atoms with Crippen molar-refractivity contribution in [2.75, 3.05) is 25.1 Å². The normalized spacial score (nSPS) is 17.4. The lowest BCUT2D eigenvalue weighted by Gasteiger charge is -2.40. The summed E-state index contributed by atoms with van der Waals surface area (Å²) in [6, 6.07) is 5.39. The summed E-state index contributed by atoms with van der Waals surface area (Å²) in [7, 11) is 1.44. The van der Waals surface area contributed by atoms with E-state index < -0.39 is 5.41 Å². The quantitative estimate of drug-likeness (QED) is 0.798. The van der Waals surface area contributed by atoms with Gasteiger partial charge in [0.15, 0.2) is 0 Å². The smallest absolute Gasteiger partial charge is 0.311 e. The molecule has 0 amide bonds. The third-order valence-corrected chi connectivity index (χ3v) is 5.66. The molecule has 0 aromatic carbocycles. The van der Waals surface area contributed by atoms with E-state index in [0.717, 1.165) is 43.0 Å². The van der Waals surface area contributed by atoms with Gasteiger partial charge in [0.25, 0.3) is 5.56 Å². The van der Waals surface area contributed by atoms with Gasteiger partial charge in [-0.05, 0) is 51.2 Å². The molecule has 28 heavy (non-hydrogen) atoms. The van der Waals surface area contributed by atoms with Crippen molar-refractivity contribution in [3.8, 4) is 11.4 Å². The first-order valence-corrected chi connectivity index (χ1v) is 9.75. The van der Waals surface area contributed by atoms with Crippen LogP contribution in [0.1, 0.15) is 39.3 Å². The van der Waals surface area contributed by atoms with Gasteiger partial charge >= 0.3 is 5.97 Å². The number of esters is 1. The Morgan fingerprint density at radius 3 is 2.82 bits per heavy atom. The zero-order valence-electron chi connectivity index (χ0n) is 17.0. The molecule has 3 rings (SSSR count). The maximum absolute atomic E-state index is 12.2. The van der Waals surface area contributed by atoms with Crippen LogP contribution in [-0.4, -0.2) is 41.1 Å². The highest BCUT2D eigenvalue weighted by Crippen LogP contribution is 2.36. The molecule has 1 unspecified atom stereocenters. The van der Waals surface area contributed by atoms with Crippen molar-refractivity contribution >= 4 is 11.8 Å². The standard InChI is InChI=1S/C21H28N4O3/c1-5-16-11-18(26)24-19(23-16)14-8-9-17(22-12-14)25-10-6-7-15(13-25)21(2,3)20(27)28-4/h8-9,11-12,15H,5-7,10,13H2,1-4H3,(H,23,24,26). The number of carbonyl (C=O) groups is 1. The van der Waals surface area contributed by atoms with Crippen LogP contribution in [0.5, 0.6) is 0 Å². The molecule has 0 saturated carbocycles. The number of hydrogen-bond acceptors (Lipinski definition) is 6. The molecule has 1 atom stereocenters. The van der Waals surface area contributed by atoms with Crippen LogP contribution in [-0.2, 0) is 16.0 Å². The van der Waals surface area contributed by atoms with Gasteiger partial charge in [0.1, 0.15) is 11.6 Å². The molecule has 1 N–H and O–H groups in total. The Morgan fingerprint density at radius 2 is 2.18 bits per heavy atom. The predicted molar refractivity (Wildman–Crippen MR) is 108 cm³/mol. The fourth-order valence-corrected chi connectivity index (χ4v) is 3.74. The SMILES string of the molecule is CCc1cc(=O)[nH]c(-c2ccc(N3CCCC(C(C)(C)C(=O)OC)C3)nc2)n1. The van der Waals surface area contributed by atoms with Crippen molar-refractivity contribution in [1.82, 2.24) is 15.0 Å². The van der Waals surface area contributed by atoms with E-state index in [-0.39, 0.29) is 17.4 Å². The summed E-state index contributed by atoms with van der Waals surface area (Å²) in [5.41, 5.74) is 0.846. The fraction of sp³-hybridized carbons (Fsp3) is 0.524. The number of piperidine rings is 1. The van der Waals surface area contributed by atoms with Gasteiger partial charge in [-0.3, -0.25) is 9.59 Å². The number of nitrogens with zero attached hydrogens (tertiary/aromatic N) is 3. The number of aryl methyl sites for hydroxylation is 1. The lowest BCUT2D eigenvalue weighted by atomic mass is 9.74. The molecule has 0 radical (unpaired) electrons. The van der Waals surface area contributed by atoms with Crippen LogP contribution < -0.4 is 10.5 Å². The monoisotopic (exact) mass is 384 g/mol. The van der Waals surface area contributed by atoms with Gasteiger partial charge in [-0.25, -0.2) is 9.97 Å². The average molecular weight is 384 g/mol. The first-order valence-electron chi connectivity index (χ1n) is 9.75. The second-order valence-corrected chi connectivity index (χ2v) is 7.84. The maximum atomic E-state index is 12.2. The molecular formula is C21H28N4O3. The first kappa shape index (κ1) is 20.0. The molecule has 2 aromatic rings. The molecule has 7 heteroatoms. The average Bonchev–Trinajstić information content (AvgIpc) is 2.72. The van der Waals surface area contributed by atoms with Crippen LogP contribution in [0.25, 0.3) is 11.4 Å². The third-order valence-electron chi connectivity index (χ3n) is 5.66. The van der Waals surface area contributed by atoms with Gasteiger partial charge < -0.3 is 14.6 Å². The minimum atomic E-state index is -0.530. The van der Waals surface area contributed by atoms with Crippen molar-refractivity contribution in [2.24, 2.45) is 11.3 Å². The molecule has 3 heterocycles. The first-order chi connectivity index (χ1) is 13.3. The highest BCUT2D eigenvalue weighted by Gasteiger charge is 2.40. The van der Waals surface area contributed by atoms with Crippen molar-refractivity contribution < 1.29 is 9.53 Å². The van der Waals surface area contributed by atoms with Gasteiger partial charge in [-0.15, -0.1) is 0 Å². The summed E-state index contributed by atoms with van der Waals surface area (Å²) in [5.74, 6) is 1.43. The van der Waals surface area contributed by atoms with Gasteiger partial charge in [0.05, 0.1) is 12.5 Å². The van der Waals surface area contributed by atoms with E-state index in [9.17, 15) is 9.59 Å². The Morgan fingerprint density at radius 1 is 1.39 bits per heavy atom. The molecule has 2 aromatic heterocycles. The number of pyridine rings is 1. The highest BCUT2D eigenvalue weighted by atomic mass is 16.5. The topological polar surface area (TPSA) is 88.2 Å². The van der Waals surface area contributed by atoms with Crippen LogP contribution in [0.3, 0.4) is 0 Å². The van der Waals surface area contributed by atoms with Crippen LogP contribution in [0, 0.1) is 11.3 Å². The number of carbonyl (C=O) groups excluding carboxylic acids is 1. The number of hydrogen-bond donors (Lipinski definition) is 1. The van der Waals surface area contributed by atoms with Crippen LogP contribution in [0.2, 0.25) is 0 Å². The second-order valence-electron chi connectivity index (χ2n) is 7.84. The summed E-state index contributed by atoms with van der Waals surface area (Å²) in [4.78, 5) is 38.0. The number of aromatic nitrogens is 3. The van der Waals surface area contributed by atoms with Gasteiger partial charge in [-0.2, -0.15) is 0 Å². The molecule has 0 aliphatic carbocycles. The van der Waals surface area contributed by atoms with E-state index in [0.29, 0.717) is 12.2 Å². The minimum Gasteiger partial charge on any atom is -0.469 e. The number of methoxy groups -OCH3 is 1. The highest BCUT2D eigenvalue weighted by molar-refractivity contribution is 5.76. The zero-order chi connectivity index (χ0) is 20.3. The largest absolute Gasteiger partial charge is 0.469 e. The Bertz CT molecular complexity index is 889. The van der Waals surface area contributed by atoms with E-state index in [4.69, 9.17) is 4.74 Å². The van der Waals surface area contributed by atoms with E-state index >= 15 is 0 Å². The number of nitrogens with one attached hydrogen (secondary N) is 1. The van der Waals surface area contributed by atoms with Gasteiger partial charge in [-0.1, -0.05) is 6.92 Å². The van der Waals surface area contributed by atoms with E-state index in [1.807, 2.05) is 32.9 Å². The Kier molecular flexibility index (Phi) is 5.82. The number of aromatic amines is 1. The summed E-state index contributed by atoms with van der Waals surface area (Å²) >= 11 is 0. The zero-order valence-corrected chi connectivity index (χ0v) is 17.0. The number of ether oxygens (including phenoxy) is 1. The summed E-state index contributed by atoms with van der Waals surface area (Å²) in [5, 5.41) is 0. The fourth-order valence-electron chi connectivity index (χ4n) is 3.74. The lowest BCUT2D eigenvalue weighted by molar-refractivity contribution is -0.154. The van der Waals surface area contributed by atoms with E-state index in [2.05, 4.69) is 19.9 Å². The Balaban J connectivity index is 1.79. The summed E-state index contributed by atoms with van der Waals surface area (Å²) < 4.78 is 4.99. The molecular weight excluding hydrogens is 356 g/mol. The van der Waals surface area contributed by atoms with Gasteiger partial charge in [0, 0.05) is 36.6 Å². The lowest BCUT2D eigenvalue weighted by Crippen LogP contribution is -2.45. The second kappa shape index (κ2) is 8.12. The molecule has 0 spiro atoms. The van der Waals surface area contributed by atoms with E-state index in [1.165, 1.54) is 13.2 Å². The number of H-pyrrole nitrogens is 1. The minimum absolute atomic E-state index is 0.158. The Labute approximate surface area is 165 Å². The van der Waals surface area contributed by atoms with Crippen molar-refractivity contribution in [3.05, 3.63) is 40.4 Å². The summed E-state index contributed by atoms with van der Waals surface area (Å²) in [6.07, 6.45) is 4.43. The third kappa shape index (κ3) is 4.08. The molecule has 0 bridgehead atoms.